The van der Waals surface area contributed by atoms with Crippen molar-refractivity contribution in [1.82, 2.24) is 0 Å². The van der Waals surface area contributed by atoms with Gasteiger partial charge in [-0.2, -0.15) is 0 Å². The molecule has 0 radical (unpaired) electrons. The molecule has 0 aliphatic carbocycles. The van der Waals surface area contributed by atoms with Crippen molar-refractivity contribution in [1.29, 1.82) is 0 Å². The van der Waals surface area contributed by atoms with Crippen molar-refractivity contribution in [2.75, 3.05) is 13.2 Å². The van der Waals surface area contributed by atoms with Crippen LogP contribution in [0.1, 0.15) is 12.5 Å². The van der Waals surface area contributed by atoms with Gasteiger partial charge in [0.25, 0.3) is 0 Å². The van der Waals surface area contributed by atoms with E-state index >= 15 is 0 Å². The zero-order valence-electron chi connectivity index (χ0n) is 9.56. The Morgan fingerprint density at radius 1 is 1.41 bits per heavy atom. The second kappa shape index (κ2) is 7.27. The van der Waals surface area contributed by atoms with Gasteiger partial charge in [-0.3, -0.25) is 0 Å². The molecule has 17 heavy (non-hydrogen) atoms. The number of halogens is 1. The summed E-state index contributed by atoms with van der Waals surface area (Å²) in [5, 5.41) is 9.47. The number of benzene rings is 1. The van der Waals surface area contributed by atoms with E-state index in [1.165, 1.54) is 0 Å². The van der Waals surface area contributed by atoms with Crippen LogP contribution in [-0.4, -0.2) is 30.4 Å². The number of carboxylic acids is 1. The highest BCUT2D eigenvalue weighted by atomic mass is 35.5. The summed E-state index contributed by atoms with van der Waals surface area (Å²) in [5.74, 6) is -1.01. The third-order valence-electron chi connectivity index (χ3n) is 2.09. The number of ether oxygens (including phenoxy) is 2. The monoisotopic (exact) mass is 258 g/mol. The summed E-state index contributed by atoms with van der Waals surface area (Å²) in [4.78, 5) is 10.8. The topological polar surface area (TPSA) is 55.8 Å². The number of rotatable bonds is 7. The van der Waals surface area contributed by atoms with E-state index in [-0.39, 0.29) is 6.61 Å². The molecule has 0 aromatic heterocycles. The summed E-state index contributed by atoms with van der Waals surface area (Å²) in [6.07, 6.45) is -0.910. The fourth-order valence-corrected chi connectivity index (χ4v) is 1.38. The Bertz CT molecular complexity index is 350. The Morgan fingerprint density at radius 3 is 2.59 bits per heavy atom. The molecule has 1 rings (SSSR count). The van der Waals surface area contributed by atoms with Crippen molar-refractivity contribution in [2.45, 2.75) is 19.6 Å². The molecule has 1 aromatic carbocycles. The van der Waals surface area contributed by atoms with Crippen molar-refractivity contribution < 1.29 is 19.4 Å². The van der Waals surface area contributed by atoms with Crippen molar-refractivity contribution >= 4 is 17.6 Å². The van der Waals surface area contributed by atoms with Gasteiger partial charge in [0.15, 0.2) is 6.10 Å². The first-order chi connectivity index (χ1) is 8.13. The van der Waals surface area contributed by atoms with E-state index < -0.39 is 12.1 Å². The predicted octanol–water partition coefficient (Wildman–Crippen LogP) is 2.35. The van der Waals surface area contributed by atoms with E-state index in [0.717, 1.165) is 5.56 Å². The standard InChI is InChI=1S/C12H15ClO4/c1-2-17-11(12(14)15)8-16-7-9-3-5-10(13)6-4-9/h3-6,11H,2,7-8H2,1H3,(H,14,15). The number of carbonyl (C=O) groups is 1. The summed E-state index contributed by atoms with van der Waals surface area (Å²) >= 11 is 5.74. The van der Waals surface area contributed by atoms with Gasteiger partial charge in [0, 0.05) is 11.6 Å². The van der Waals surface area contributed by atoms with Gasteiger partial charge in [0.2, 0.25) is 0 Å². The van der Waals surface area contributed by atoms with Crippen LogP contribution < -0.4 is 0 Å². The highest BCUT2D eigenvalue weighted by molar-refractivity contribution is 6.30. The molecule has 1 N–H and O–H groups in total. The molecular weight excluding hydrogens is 244 g/mol. The molecule has 1 unspecified atom stereocenters. The average Bonchev–Trinajstić information content (AvgIpc) is 2.30. The van der Waals surface area contributed by atoms with E-state index in [1.54, 1.807) is 19.1 Å². The first kappa shape index (κ1) is 14.0. The summed E-state index contributed by atoms with van der Waals surface area (Å²) in [6.45, 7) is 2.47. The lowest BCUT2D eigenvalue weighted by Crippen LogP contribution is -2.29. The molecule has 0 saturated heterocycles. The molecule has 0 aliphatic rings. The number of carboxylic acid groups (broad SMARTS) is 1. The van der Waals surface area contributed by atoms with Crippen molar-refractivity contribution in [3.05, 3.63) is 34.9 Å². The molecule has 0 bridgehead atoms. The molecular formula is C12H15ClO4. The first-order valence-corrected chi connectivity index (χ1v) is 5.68. The third-order valence-corrected chi connectivity index (χ3v) is 2.35. The second-order valence-corrected chi connectivity index (χ2v) is 3.86. The fourth-order valence-electron chi connectivity index (χ4n) is 1.26. The third kappa shape index (κ3) is 5.17. The van der Waals surface area contributed by atoms with Gasteiger partial charge in [0.1, 0.15) is 0 Å². The molecule has 94 valence electrons. The van der Waals surface area contributed by atoms with Crippen LogP contribution in [0, 0.1) is 0 Å². The second-order valence-electron chi connectivity index (χ2n) is 3.42. The van der Waals surface area contributed by atoms with E-state index in [4.69, 9.17) is 26.2 Å². The van der Waals surface area contributed by atoms with Crippen molar-refractivity contribution in [3.63, 3.8) is 0 Å². The Morgan fingerprint density at radius 2 is 2.06 bits per heavy atom. The van der Waals surface area contributed by atoms with E-state index in [2.05, 4.69) is 0 Å². The highest BCUT2D eigenvalue weighted by Crippen LogP contribution is 2.10. The smallest absolute Gasteiger partial charge is 0.335 e. The molecule has 1 atom stereocenters. The van der Waals surface area contributed by atoms with E-state index in [1.807, 2.05) is 12.1 Å². The zero-order valence-corrected chi connectivity index (χ0v) is 10.3. The molecule has 0 spiro atoms. The Hall–Kier alpha value is -1.10. The minimum absolute atomic E-state index is 0.0335. The number of hydrogen-bond acceptors (Lipinski definition) is 3. The lowest BCUT2D eigenvalue weighted by Gasteiger charge is -2.12. The molecule has 4 nitrogen and oxygen atoms in total. The van der Waals surface area contributed by atoms with Gasteiger partial charge in [-0.25, -0.2) is 4.79 Å². The molecule has 0 heterocycles. The zero-order chi connectivity index (χ0) is 12.7. The van der Waals surface area contributed by atoms with Crippen LogP contribution in [0.2, 0.25) is 5.02 Å². The van der Waals surface area contributed by atoms with Gasteiger partial charge in [0.05, 0.1) is 13.2 Å². The van der Waals surface area contributed by atoms with Gasteiger partial charge < -0.3 is 14.6 Å². The van der Waals surface area contributed by atoms with Crippen LogP contribution in [0.3, 0.4) is 0 Å². The predicted molar refractivity (Wildman–Crippen MR) is 64.2 cm³/mol. The van der Waals surface area contributed by atoms with Crippen LogP contribution >= 0.6 is 11.6 Å². The van der Waals surface area contributed by atoms with Crippen molar-refractivity contribution in [3.8, 4) is 0 Å². The van der Waals surface area contributed by atoms with E-state index in [9.17, 15) is 4.79 Å². The maximum Gasteiger partial charge on any atom is 0.335 e. The number of hydrogen-bond donors (Lipinski definition) is 1. The lowest BCUT2D eigenvalue weighted by molar-refractivity contribution is -0.154. The van der Waals surface area contributed by atoms with Crippen LogP contribution in [0.25, 0.3) is 0 Å². The van der Waals surface area contributed by atoms with Gasteiger partial charge in [-0.05, 0) is 24.6 Å². The van der Waals surface area contributed by atoms with Gasteiger partial charge in [-0.1, -0.05) is 23.7 Å². The Labute approximate surface area is 105 Å². The molecule has 0 saturated carbocycles. The lowest BCUT2D eigenvalue weighted by atomic mass is 10.2. The van der Waals surface area contributed by atoms with Crippen LogP contribution in [0.4, 0.5) is 0 Å². The Balaban J connectivity index is 2.35. The SMILES string of the molecule is CCOC(COCc1ccc(Cl)cc1)C(=O)O. The fraction of sp³-hybridized carbons (Fsp3) is 0.417. The Kier molecular flexibility index (Phi) is 5.97. The summed E-state index contributed by atoms with van der Waals surface area (Å²) in [7, 11) is 0. The summed E-state index contributed by atoms with van der Waals surface area (Å²) in [5.41, 5.74) is 0.940. The summed E-state index contributed by atoms with van der Waals surface area (Å²) < 4.78 is 10.3. The van der Waals surface area contributed by atoms with Crippen molar-refractivity contribution in [2.24, 2.45) is 0 Å². The summed E-state index contributed by atoms with van der Waals surface area (Å²) in [6, 6.07) is 7.19. The molecule has 0 fully saturated rings. The normalized spacial score (nSPS) is 12.4. The molecule has 1 aromatic rings. The first-order valence-electron chi connectivity index (χ1n) is 5.30. The van der Waals surface area contributed by atoms with Crippen LogP contribution in [-0.2, 0) is 20.9 Å². The highest BCUT2D eigenvalue weighted by Gasteiger charge is 2.17. The van der Waals surface area contributed by atoms with Gasteiger partial charge >= 0.3 is 5.97 Å². The maximum atomic E-state index is 10.8. The maximum absolute atomic E-state index is 10.8. The largest absolute Gasteiger partial charge is 0.479 e. The molecule has 0 aliphatic heterocycles. The average molecular weight is 259 g/mol. The van der Waals surface area contributed by atoms with Crippen LogP contribution in [0.15, 0.2) is 24.3 Å². The van der Waals surface area contributed by atoms with Crippen LogP contribution in [0.5, 0.6) is 0 Å². The quantitative estimate of drug-likeness (QED) is 0.816. The molecule has 5 heteroatoms. The molecule has 0 amide bonds. The number of aliphatic carboxylic acids is 1. The van der Waals surface area contributed by atoms with E-state index in [0.29, 0.717) is 18.2 Å². The van der Waals surface area contributed by atoms with Gasteiger partial charge in [-0.15, -0.1) is 0 Å². The minimum atomic E-state index is -1.01. The minimum Gasteiger partial charge on any atom is -0.479 e.